The van der Waals surface area contributed by atoms with Crippen LogP contribution in [0.15, 0.2) is 42.7 Å². The molecule has 2 aromatic rings. The van der Waals surface area contributed by atoms with E-state index in [0.29, 0.717) is 12.2 Å². The molecule has 3 rings (SSSR count). The zero-order valence-electron chi connectivity index (χ0n) is 14.1. The standard InChI is InChI=1S/C19H20N4O2/c1-21-19(24)17-11-23(12-17)10-14-2-4-18(5-3-14)25-13-16-6-15(7-20)8-22-9-16/h2-6,8-9,17H,10-13H2,1H3,(H,21,24). The van der Waals surface area contributed by atoms with E-state index < -0.39 is 0 Å². The molecule has 1 aromatic heterocycles. The predicted molar refractivity (Wildman–Crippen MR) is 92.6 cm³/mol. The number of nitrogens with one attached hydrogen (secondary N) is 1. The zero-order chi connectivity index (χ0) is 17.6. The van der Waals surface area contributed by atoms with Gasteiger partial charge >= 0.3 is 0 Å². The highest BCUT2D eigenvalue weighted by Gasteiger charge is 2.31. The van der Waals surface area contributed by atoms with Gasteiger partial charge in [-0.1, -0.05) is 12.1 Å². The number of carbonyl (C=O) groups excluding carboxylic acids is 1. The molecule has 1 saturated heterocycles. The van der Waals surface area contributed by atoms with Crippen LogP contribution < -0.4 is 10.1 Å². The number of hydrogen-bond acceptors (Lipinski definition) is 5. The number of hydrogen-bond donors (Lipinski definition) is 1. The molecular formula is C19H20N4O2. The van der Waals surface area contributed by atoms with Crippen LogP contribution in [0.4, 0.5) is 0 Å². The van der Waals surface area contributed by atoms with Crippen molar-refractivity contribution >= 4 is 5.91 Å². The SMILES string of the molecule is CNC(=O)C1CN(Cc2ccc(OCc3cncc(C#N)c3)cc2)C1. The summed E-state index contributed by atoms with van der Waals surface area (Å²) in [6.45, 7) is 2.82. The first-order valence-corrected chi connectivity index (χ1v) is 8.17. The minimum atomic E-state index is 0.116. The van der Waals surface area contributed by atoms with E-state index in [1.54, 1.807) is 19.3 Å². The van der Waals surface area contributed by atoms with Crippen molar-refractivity contribution in [2.75, 3.05) is 20.1 Å². The van der Waals surface area contributed by atoms with Crippen LogP contribution in [0.2, 0.25) is 0 Å². The summed E-state index contributed by atoms with van der Waals surface area (Å²) < 4.78 is 5.74. The van der Waals surface area contributed by atoms with Gasteiger partial charge < -0.3 is 10.1 Å². The van der Waals surface area contributed by atoms with Crippen LogP contribution in [-0.4, -0.2) is 35.9 Å². The third-order valence-corrected chi connectivity index (χ3v) is 4.23. The molecule has 0 aliphatic carbocycles. The summed E-state index contributed by atoms with van der Waals surface area (Å²) in [5.74, 6) is 1.01. The maximum atomic E-state index is 11.5. The number of amides is 1. The van der Waals surface area contributed by atoms with Crippen LogP contribution in [0.25, 0.3) is 0 Å². The molecule has 6 nitrogen and oxygen atoms in total. The Morgan fingerprint density at radius 1 is 1.32 bits per heavy atom. The lowest BCUT2D eigenvalue weighted by molar-refractivity contribution is -0.129. The van der Waals surface area contributed by atoms with E-state index in [9.17, 15) is 4.79 Å². The molecule has 0 saturated carbocycles. The highest BCUT2D eigenvalue weighted by atomic mass is 16.5. The highest BCUT2D eigenvalue weighted by Crippen LogP contribution is 2.20. The van der Waals surface area contributed by atoms with Crippen molar-refractivity contribution < 1.29 is 9.53 Å². The smallest absolute Gasteiger partial charge is 0.225 e. The van der Waals surface area contributed by atoms with E-state index in [4.69, 9.17) is 10.00 Å². The monoisotopic (exact) mass is 336 g/mol. The Kier molecular flexibility index (Phi) is 5.26. The van der Waals surface area contributed by atoms with Crippen LogP contribution in [-0.2, 0) is 17.9 Å². The van der Waals surface area contributed by atoms with Crippen molar-refractivity contribution in [3.05, 3.63) is 59.4 Å². The maximum absolute atomic E-state index is 11.5. The summed E-state index contributed by atoms with van der Waals surface area (Å²) in [5, 5.41) is 11.6. The molecule has 1 N–H and O–H groups in total. The van der Waals surface area contributed by atoms with Gasteiger partial charge in [0.1, 0.15) is 18.4 Å². The summed E-state index contributed by atoms with van der Waals surface area (Å²) in [5.41, 5.74) is 2.58. The Bertz CT molecular complexity index is 777. The van der Waals surface area contributed by atoms with Crippen molar-refractivity contribution in [3.63, 3.8) is 0 Å². The van der Waals surface area contributed by atoms with E-state index in [0.717, 1.165) is 30.9 Å². The van der Waals surface area contributed by atoms with E-state index in [1.807, 2.05) is 24.3 Å². The summed E-state index contributed by atoms with van der Waals surface area (Å²) in [6.07, 6.45) is 3.23. The average Bonchev–Trinajstić information content (AvgIpc) is 2.63. The predicted octanol–water partition coefficient (Wildman–Crippen LogP) is 1.71. The van der Waals surface area contributed by atoms with Crippen molar-refractivity contribution in [3.8, 4) is 11.8 Å². The first-order chi connectivity index (χ1) is 12.2. The summed E-state index contributed by atoms with van der Waals surface area (Å²) in [4.78, 5) is 17.8. The molecule has 0 atom stereocenters. The number of nitriles is 1. The Morgan fingerprint density at radius 2 is 2.08 bits per heavy atom. The molecule has 6 heteroatoms. The Labute approximate surface area is 147 Å². The van der Waals surface area contributed by atoms with Crippen LogP contribution in [0, 0.1) is 17.2 Å². The van der Waals surface area contributed by atoms with E-state index in [2.05, 4.69) is 21.3 Å². The van der Waals surface area contributed by atoms with Gasteiger partial charge in [0.05, 0.1) is 11.5 Å². The molecule has 0 spiro atoms. The number of rotatable bonds is 6. The number of nitrogens with zero attached hydrogens (tertiary/aromatic N) is 3. The highest BCUT2D eigenvalue weighted by molar-refractivity contribution is 5.79. The minimum absolute atomic E-state index is 0.116. The molecule has 0 bridgehead atoms. The minimum Gasteiger partial charge on any atom is -0.489 e. The van der Waals surface area contributed by atoms with E-state index in [-0.39, 0.29) is 11.8 Å². The molecule has 2 heterocycles. The van der Waals surface area contributed by atoms with Crippen LogP contribution in [0.1, 0.15) is 16.7 Å². The topological polar surface area (TPSA) is 78.2 Å². The lowest BCUT2D eigenvalue weighted by Gasteiger charge is -2.38. The molecule has 128 valence electrons. The lowest BCUT2D eigenvalue weighted by atomic mass is 9.98. The zero-order valence-corrected chi connectivity index (χ0v) is 14.1. The Morgan fingerprint density at radius 3 is 2.76 bits per heavy atom. The number of ether oxygens (including phenoxy) is 1. The molecule has 1 fully saturated rings. The molecular weight excluding hydrogens is 316 g/mol. The fraction of sp³-hybridized carbons (Fsp3) is 0.316. The van der Waals surface area contributed by atoms with Gasteiger partial charge in [-0.15, -0.1) is 0 Å². The Hall–Kier alpha value is -2.91. The first-order valence-electron chi connectivity index (χ1n) is 8.17. The lowest BCUT2D eigenvalue weighted by Crippen LogP contribution is -2.52. The van der Waals surface area contributed by atoms with Crippen molar-refractivity contribution in [1.82, 2.24) is 15.2 Å². The summed E-state index contributed by atoms with van der Waals surface area (Å²) in [6, 6.07) is 11.8. The number of pyridine rings is 1. The second-order valence-corrected chi connectivity index (χ2v) is 6.13. The molecule has 25 heavy (non-hydrogen) atoms. The Balaban J connectivity index is 1.48. The largest absolute Gasteiger partial charge is 0.489 e. The second-order valence-electron chi connectivity index (χ2n) is 6.13. The summed E-state index contributed by atoms with van der Waals surface area (Å²) >= 11 is 0. The molecule has 1 aliphatic heterocycles. The van der Waals surface area contributed by atoms with E-state index >= 15 is 0 Å². The number of aromatic nitrogens is 1. The third kappa shape index (κ3) is 4.34. The third-order valence-electron chi connectivity index (χ3n) is 4.23. The van der Waals surface area contributed by atoms with Crippen LogP contribution in [0.3, 0.4) is 0 Å². The fourth-order valence-electron chi connectivity index (χ4n) is 2.81. The van der Waals surface area contributed by atoms with Gasteiger partial charge in [-0.2, -0.15) is 5.26 Å². The van der Waals surface area contributed by atoms with Crippen molar-refractivity contribution in [1.29, 1.82) is 5.26 Å². The van der Waals surface area contributed by atoms with Gasteiger partial charge in [-0.3, -0.25) is 14.7 Å². The van der Waals surface area contributed by atoms with Gasteiger partial charge in [0.15, 0.2) is 0 Å². The average molecular weight is 336 g/mol. The van der Waals surface area contributed by atoms with Gasteiger partial charge in [0.2, 0.25) is 5.91 Å². The maximum Gasteiger partial charge on any atom is 0.225 e. The molecule has 1 aromatic carbocycles. The van der Waals surface area contributed by atoms with Crippen LogP contribution in [0.5, 0.6) is 5.75 Å². The second kappa shape index (κ2) is 7.77. The van der Waals surface area contributed by atoms with Crippen molar-refractivity contribution in [2.24, 2.45) is 5.92 Å². The van der Waals surface area contributed by atoms with Gasteiger partial charge in [0.25, 0.3) is 0 Å². The molecule has 0 radical (unpaired) electrons. The van der Waals surface area contributed by atoms with Crippen molar-refractivity contribution in [2.45, 2.75) is 13.2 Å². The molecule has 1 aliphatic rings. The quantitative estimate of drug-likeness (QED) is 0.869. The number of carbonyl (C=O) groups is 1. The van der Waals surface area contributed by atoms with Gasteiger partial charge in [-0.05, 0) is 23.8 Å². The van der Waals surface area contributed by atoms with Gasteiger partial charge in [0, 0.05) is 44.6 Å². The number of likely N-dealkylation sites (tertiary alicyclic amines) is 1. The first kappa shape index (κ1) is 16.9. The molecule has 0 unspecified atom stereocenters. The van der Waals surface area contributed by atoms with Gasteiger partial charge in [-0.25, -0.2) is 0 Å². The van der Waals surface area contributed by atoms with Crippen LogP contribution >= 0.6 is 0 Å². The fourth-order valence-corrected chi connectivity index (χ4v) is 2.81. The normalized spacial score (nSPS) is 14.4. The number of benzene rings is 1. The van der Waals surface area contributed by atoms with E-state index in [1.165, 1.54) is 11.8 Å². The summed E-state index contributed by atoms with van der Waals surface area (Å²) in [7, 11) is 1.68. The molecule has 1 amide bonds.